The molecule has 0 atom stereocenters. The molecule has 4 N–H and O–H groups in total. The van der Waals surface area contributed by atoms with Gasteiger partial charge in [-0.3, -0.25) is 4.79 Å². The monoisotopic (exact) mass is 365 g/mol. The molecule has 0 aliphatic carbocycles. The topological polar surface area (TPSA) is 92.8 Å². The first-order chi connectivity index (χ1) is 10.5. The van der Waals surface area contributed by atoms with Gasteiger partial charge in [0.2, 0.25) is 5.91 Å². The highest BCUT2D eigenvalue weighted by atomic mass is 79.9. The summed E-state index contributed by atoms with van der Waals surface area (Å²) in [6.07, 6.45) is 0.481. The average molecular weight is 366 g/mol. The Kier molecular flexibility index (Phi) is 5.05. The number of methoxy groups -OCH3 is 1. The minimum absolute atomic E-state index is 0.0570. The maximum Gasteiger partial charge on any atom is 0.248 e. The Hall–Kier alpha value is -2.05. The highest BCUT2D eigenvalue weighted by molar-refractivity contribution is 9.10. The van der Waals surface area contributed by atoms with Crippen molar-refractivity contribution in [3.63, 3.8) is 0 Å². The van der Waals surface area contributed by atoms with Crippen molar-refractivity contribution in [3.05, 3.63) is 45.9 Å². The molecule has 1 amide bonds. The van der Waals surface area contributed by atoms with E-state index >= 15 is 0 Å². The third-order valence-electron chi connectivity index (χ3n) is 3.31. The highest BCUT2D eigenvalue weighted by Crippen LogP contribution is 2.42. The van der Waals surface area contributed by atoms with Crippen LogP contribution >= 0.6 is 15.9 Å². The Morgan fingerprint density at radius 3 is 2.64 bits per heavy atom. The molecule has 0 saturated heterocycles. The molecule has 0 bridgehead atoms. The van der Waals surface area contributed by atoms with Gasteiger partial charge in [-0.05, 0) is 45.6 Å². The smallest absolute Gasteiger partial charge is 0.248 e. The van der Waals surface area contributed by atoms with Crippen LogP contribution in [0.2, 0.25) is 0 Å². The summed E-state index contributed by atoms with van der Waals surface area (Å²) in [6.45, 7) is 0.421. The first-order valence-electron chi connectivity index (χ1n) is 6.58. The lowest BCUT2D eigenvalue weighted by molar-refractivity contribution is 0.100. The van der Waals surface area contributed by atoms with E-state index in [4.69, 9.17) is 10.5 Å². The van der Waals surface area contributed by atoms with Crippen molar-refractivity contribution >= 4 is 21.8 Å². The Morgan fingerprint density at radius 1 is 1.27 bits per heavy atom. The highest BCUT2D eigenvalue weighted by Gasteiger charge is 2.18. The number of ether oxygens (including phenoxy) is 1. The number of nitrogens with two attached hydrogens (primary N) is 1. The van der Waals surface area contributed by atoms with Crippen molar-refractivity contribution in [2.24, 2.45) is 5.73 Å². The van der Waals surface area contributed by atoms with Gasteiger partial charge in [0, 0.05) is 24.3 Å². The zero-order valence-corrected chi connectivity index (χ0v) is 13.6. The number of benzene rings is 2. The van der Waals surface area contributed by atoms with Gasteiger partial charge in [0.1, 0.15) is 11.5 Å². The van der Waals surface area contributed by atoms with Gasteiger partial charge in [-0.15, -0.1) is 0 Å². The summed E-state index contributed by atoms with van der Waals surface area (Å²) < 4.78 is 5.56. The molecular formula is C16H16BrNO4. The van der Waals surface area contributed by atoms with E-state index in [0.29, 0.717) is 39.8 Å². The van der Waals surface area contributed by atoms with Crippen LogP contribution in [-0.4, -0.2) is 29.8 Å². The Labute approximate surface area is 136 Å². The number of carbonyl (C=O) groups is 1. The summed E-state index contributed by atoms with van der Waals surface area (Å²) >= 11 is 3.33. The van der Waals surface area contributed by atoms with Gasteiger partial charge in [0.15, 0.2) is 0 Å². The molecule has 0 heterocycles. The molecule has 5 nitrogen and oxygen atoms in total. The maximum absolute atomic E-state index is 11.3. The molecule has 0 aliphatic heterocycles. The SMILES string of the molecule is COCCc1c(Br)c(O)cc(O)c1-c1cccc(C(N)=O)c1. The van der Waals surface area contributed by atoms with Gasteiger partial charge in [0.25, 0.3) is 0 Å². The van der Waals surface area contributed by atoms with Crippen molar-refractivity contribution in [3.8, 4) is 22.6 Å². The molecule has 2 aromatic rings. The second-order valence-corrected chi connectivity index (χ2v) is 5.56. The van der Waals surface area contributed by atoms with E-state index in [9.17, 15) is 15.0 Å². The van der Waals surface area contributed by atoms with Gasteiger partial charge < -0.3 is 20.7 Å². The predicted molar refractivity (Wildman–Crippen MR) is 87.0 cm³/mol. The Bertz CT molecular complexity index is 716. The van der Waals surface area contributed by atoms with Crippen LogP contribution in [0, 0.1) is 0 Å². The summed E-state index contributed by atoms with van der Waals surface area (Å²) in [5.41, 5.74) is 7.51. The quantitative estimate of drug-likeness (QED) is 0.759. The van der Waals surface area contributed by atoms with Crippen LogP contribution in [0.1, 0.15) is 15.9 Å². The summed E-state index contributed by atoms with van der Waals surface area (Å²) in [4.78, 5) is 11.3. The molecule has 0 aromatic heterocycles. The van der Waals surface area contributed by atoms with Crippen molar-refractivity contribution in [1.82, 2.24) is 0 Å². The number of halogens is 1. The third-order valence-corrected chi connectivity index (χ3v) is 4.20. The fourth-order valence-corrected chi connectivity index (χ4v) is 2.78. The minimum atomic E-state index is -0.544. The van der Waals surface area contributed by atoms with Crippen LogP contribution in [0.4, 0.5) is 0 Å². The molecule has 0 saturated carbocycles. The second-order valence-electron chi connectivity index (χ2n) is 4.77. The molecule has 116 valence electrons. The van der Waals surface area contributed by atoms with Gasteiger partial charge >= 0.3 is 0 Å². The fourth-order valence-electron chi connectivity index (χ4n) is 2.27. The zero-order valence-electron chi connectivity index (χ0n) is 12.0. The van der Waals surface area contributed by atoms with Crippen molar-refractivity contribution < 1.29 is 19.7 Å². The standard InChI is InChI=1S/C16H16BrNO4/c1-22-6-5-11-14(12(19)8-13(20)15(11)17)9-3-2-4-10(7-9)16(18)21/h2-4,7-8,19-20H,5-6H2,1H3,(H2,18,21). The van der Waals surface area contributed by atoms with E-state index in [0.717, 1.165) is 0 Å². The minimum Gasteiger partial charge on any atom is -0.507 e. The lowest BCUT2D eigenvalue weighted by Gasteiger charge is -2.15. The van der Waals surface area contributed by atoms with E-state index in [-0.39, 0.29) is 11.5 Å². The number of phenols is 2. The largest absolute Gasteiger partial charge is 0.507 e. The number of rotatable bonds is 5. The molecule has 2 rings (SSSR count). The molecular weight excluding hydrogens is 350 g/mol. The van der Waals surface area contributed by atoms with Gasteiger partial charge in [-0.1, -0.05) is 12.1 Å². The molecule has 0 unspecified atom stereocenters. The molecule has 0 aliphatic rings. The van der Waals surface area contributed by atoms with Crippen molar-refractivity contribution in [2.75, 3.05) is 13.7 Å². The lowest BCUT2D eigenvalue weighted by Crippen LogP contribution is -2.10. The molecule has 6 heteroatoms. The number of hydrogen-bond acceptors (Lipinski definition) is 4. The molecule has 0 radical (unpaired) electrons. The average Bonchev–Trinajstić information content (AvgIpc) is 2.49. The number of primary amides is 1. The lowest BCUT2D eigenvalue weighted by atomic mass is 9.95. The zero-order chi connectivity index (χ0) is 16.3. The van der Waals surface area contributed by atoms with E-state index in [2.05, 4.69) is 15.9 Å². The first kappa shape index (κ1) is 16.3. The van der Waals surface area contributed by atoms with Crippen LogP contribution in [-0.2, 0) is 11.2 Å². The number of amides is 1. The first-order valence-corrected chi connectivity index (χ1v) is 7.37. The Morgan fingerprint density at radius 2 is 2.00 bits per heavy atom. The predicted octanol–water partition coefficient (Wildman–Crippen LogP) is 2.82. The van der Waals surface area contributed by atoms with Crippen molar-refractivity contribution in [2.45, 2.75) is 6.42 Å². The van der Waals surface area contributed by atoms with E-state index in [1.54, 1.807) is 31.4 Å². The number of phenolic OH excluding ortho intramolecular Hbond substituents is 2. The van der Waals surface area contributed by atoms with E-state index in [1.807, 2.05) is 0 Å². The molecule has 2 aromatic carbocycles. The second kappa shape index (κ2) is 6.81. The van der Waals surface area contributed by atoms with Crippen LogP contribution in [0.5, 0.6) is 11.5 Å². The Balaban J connectivity index is 2.65. The van der Waals surface area contributed by atoms with Gasteiger partial charge in [-0.25, -0.2) is 0 Å². The number of aromatic hydroxyl groups is 2. The fraction of sp³-hybridized carbons (Fsp3) is 0.188. The maximum atomic E-state index is 11.3. The van der Waals surface area contributed by atoms with E-state index < -0.39 is 5.91 Å². The third kappa shape index (κ3) is 3.23. The molecule has 22 heavy (non-hydrogen) atoms. The number of hydrogen-bond donors (Lipinski definition) is 3. The van der Waals surface area contributed by atoms with Crippen LogP contribution in [0.15, 0.2) is 34.8 Å². The summed E-state index contributed by atoms with van der Waals surface area (Å²) in [7, 11) is 1.57. The summed E-state index contributed by atoms with van der Waals surface area (Å²) in [6, 6.07) is 7.92. The summed E-state index contributed by atoms with van der Waals surface area (Å²) in [5.74, 6) is -0.676. The van der Waals surface area contributed by atoms with Gasteiger partial charge in [0.05, 0.1) is 11.1 Å². The molecule has 0 fully saturated rings. The molecule has 0 spiro atoms. The van der Waals surface area contributed by atoms with Crippen LogP contribution < -0.4 is 5.73 Å². The van der Waals surface area contributed by atoms with Crippen LogP contribution in [0.3, 0.4) is 0 Å². The normalized spacial score (nSPS) is 10.6. The summed E-state index contributed by atoms with van der Waals surface area (Å²) in [5, 5.41) is 20.1. The van der Waals surface area contributed by atoms with Crippen LogP contribution in [0.25, 0.3) is 11.1 Å². The van der Waals surface area contributed by atoms with E-state index in [1.165, 1.54) is 6.07 Å². The van der Waals surface area contributed by atoms with Crippen molar-refractivity contribution in [1.29, 1.82) is 0 Å². The number of carbonyl (C=O) groups excluding carboxylic acids is 1. The van der Waals surface area contributed by atoms with Gasteiger partial charge in [-0.2, -0.15) is 0 Å².